The van der Waals surface area contributed by atoms with Crippen LogP contribution in [0, 0.1) is 0 Å². The average Bonchev–Trinajstić information content (AvgIpc) is 2.54. The summed E-state index contributed by atoms with van der Waals surface area (Å²) in [7, 11) is -2.75. The Bertz CT molecular complexity index is 591. The normalized spacial score (nSPS) is 14.7. The Balaban J connectivity index is 2.98. The summed E-state index contributed by atoms with van der Waals surface area (Å²) in [4.78, 5) is 24.4. The third-order valence-electron chi connectivity index (χ3n) is 3.12. The van der Waals surface area contributed by atoms with E-state index in [1.807, 2.05) is 30.3 Å². The fourth-order valence-corrected chi connectivity index (χ4v) is 3.43. The number of carbonyl (C=O) groups excluding carboxylic acids is 2. The summed E-state index contributed by atoms with van der Waals surface area (Å²) < 4.78 is 22.7. The van der Waals surface area contributed by atoms with Gasteiger partial charge in [0.2, 0.25) is 0 Å². The van der Waals surface area contributed by atoms with Crippen molar-refractivity contribution in [3.8, 4) is 0 Å². The van der Waals surface area contributed by atoms with Gasteiger partial charge >= 0.3 is 19.1 Å². The van der Waals surface area contributed by atoms with E-state index < -0.39 is 25.2 Å². The molecule has 0 saturated carbocycles. The number of rotatable bonds is 9. The quantitative estimate of drug-likeness (QED) is 0.522. The van der Waals surface area contributed by atoms with E-state index in [0.29, 0.717) is 0 Å². The smallest absolute Gasteiger partial charge is 0.356 e. The maximum Gasteiger partial charge on any atom is 0.356 e. The van der Waals surface area contributed by atoms with Crippen molar-refractivity contribution in [2.75, 3.05) is 13.7 Å². The highest BCUT2D eigenvalue weighted by atomic mass is 31.2. The van der Waals surface area contributed by atoms with Crippen molar-refractivity contribution in [1.29, 1.82) is 0 Å². The molecule has 0 aliphatic heterocycles. The Morgan fingerprint density at radius 2 is 1.83 bits per heavy atom. The van der Waals surface area contributed by atoms with E-state index in [1.165, 1.54) is 7.11 Å². The molecule has 0 unspecified atom stereocenters. The van der Waals surface area contributed by atoms with E-state index in [1.54, 1.807) is 20.8 Å². The van der Waals surface area contributed by atoms with Gasteiger partial charge < -0.3 is 14.6 Å². The van der Waals surface area contributed by atoms with Crippen molar-refractivity contribution in [3.05, 3.63) is 35.9 Å². The largest absolute Gasteiger partial charge is 0.465 e. The maximum absolute atomic E-state index is 12.8. The SMILES string of the molecule is CCOC(=O)[C@H](Cc1ccccc1)N[P@](=O)(OC)C(=O)NC(C)C. The molecule has 0 aliphatic carbocycles. The number of nitrogens with one attached hydrogen (secondary N) is 2. The average molecular weight is 356 g/mol. The number of hydrogen-bond acceptors (Lipinski definition) is 5. The minimum absolute atomic E-state index is 0.182. The molecule has 1 amide bonds. The van der Waals surface area contributed by atoms with E-state index >= 15 is 0 Å². The molecular weight excluding hydrogens is 331 g/mol. The molecule has 0 aliphatic rings. The molecule has 134 valence electrons. The molecule has 1 aromatic carbocycles. The summed E-state index contributed by atoms with van der Waals surface area (Å²) in [6, 6.07) is 8.01. The second-order valence-corrected chi connectivity index (χ2v) is 7.59. The fraction of sp³-hybridized carbons (Fsp3) is 0.500. The number of ether oxygens (including phenoxy) is 1. The van der Waals surface area contributed by atoms with E-state index in [9.17, 15) is 14.2 Å². The minimum atomic E-state index is -3.92. The number of amides is 1. The molecule has 8 heteroatoms. The van der Waals surface area contributed by atoms with Gasteiger partial charge in [-0.1, -0.05) is 30.3 Å². The predicted molar refractivity (Wildman–Crippen MR) is 92.0 cm³/mol. The summed E-state index contributed by atoms with van der Waals surface area (Å²) in [5.74, 6) is -0.587. The van der Waals surface area contributed by atoms with Crippen LogP contribution >= 0.6 is 7.52 Å². The van der Waals surface area contributed by atoms with Gasteiger partial charge in [-0.3, -0.25) is 14.2 Å². The van der Waals surface area contributed by atoms with E-state index in [2.05, 4.69) is 10.4 Å². The summed E-state index contributed by atoms with van der Waals surface area (Å²) in [5.41, 5.74) is 0.0670. The number of benzene rings is 1. The molecule has 7 nitrogen and oxygen atoms in total. The van der Waals surface area contributed by atoms with Crippen molar-refractivity contribution < 1.29 is 23.4 Å². The molecule has 0 bridgehead atoms. The minimum Gasteiger partial charge on any atom is -0.465 e. The van der Waals surface area contributed by atoms with Crippen LogP contribution in [0.3, 0.4) is 0 Å². The molecule has 0 fully saturated rings. The third-order valence-corrected chi connectivity index (χ3v) is 4.95. The Hall–Kier alpha value is -1.69. The Morgan fingerprint density at radius 3 is 2.33 bits per heavy atom. The van der Waals surface area contributed by atoms with Crippen molar-refractivity contribution >= 4 is 19.1 Å². The first-order valence-corrected chi connectivity index (χ1v) is 9.40. The van der Waals surface area contributed by atoms with Gasteiger partial charge in [-0.15, -0.1) is 0 Å². The van der Waals surface area contributed by atoms with E-state index in [0.717, 1.165) is 5.56 Å². The van der Waals surface area contributed by atoms with Gasteiger partial charge in [0.1, 0.15) is 6.04 Å². The molecule has 2 N–H and O–H groups in total. The van der Waals surface area contributed by atoms with Crippen LogP contribution in [-0.2, 0) is 25.0 Å². The zero-order chi connectivity index (χ0) is 18.2. The molecule has 1 rings (SSSR count). The summed E-state index contributed by atoms with van der Waals surface area (Å²) in [6.07, 6.45) is 0.224. The lowest BCUT2D eigenvalue weighted by Gasteiger charge is -2.23. The Labute approximate surface area is 142 Å². The van der Waals surface area contributed by atoms with Crippen LogP contribution in [0.15, 0.2) is 30.3 Å². The molecule has 0 saturated heterocycles. The highest BCUT2D eigenvalue weighted by Gasteiger charge is 2.37. The summed E-state index contributed by atoms with van der Waals surface area (Å²) >= 11 is 0. The molecule has 1 aromatic rings. The molecule has 2 atom stereocenters. The first-order chi connectivity index (χ1) is 11.3. The standard InChI is InChI=1S/C16H25N2O5P/c1-5-23-15(19)14(11-13-9-7-6-8-10-13)18-24(21,22-4)16(20)17-12(2)3/h6-10,12,14H,5,11H2,1-4H3,(H,17,20)(H,18,21)/t14-,24+/m0/s1. The van der Waals surface area contributed by atoms with E-state index in [-0.39, 0.29) is 19.1 Å². The van der Waals surface area contributed by atoms with Crippen LogP contribution in [0.25, 0.3) is 0 Å². The van der Waals surface area contributed by atoms with Gasteiger partial charge in [-0.25, -0.2) is 5.09 Å². The molecular formula is C16H25N2O5P. The predicted octanol–water partition coefficient (Wildman–Crippen LogP) is 2.71. The lowest BCUT2D eigenvalue weighted by molar-refractivity contribution is -0.145. The zero-order valence-electron chi connectivity index (χ0n) is 14.4. The number of carbonyl (C=O) groups is 2. The van der Waals surface area contributed by atoms with Gasteiger partial charge in [-0.05, 0) is 32.8 Å². The lowest BCUT2D eigenvalue weighted by atomic mass is 10.1. The van der Waals surface area contributed by atoms with Crippen LogP contribution < -0.4 is 10.4 Å². The van der Waals surface area contributed by atoms with Crippen molar-refractivity contribution in [1.82, 2.24) is 10.4 Å². The highest BCUT2D eigenvalue weighted by Crippen LogP contribution is 2.43. The van der Waals surface area contributed by atoms with Crippen molar-refractivity contribution in [2.24, 2.45) is 0 Å². The van der Waals surface area contributed by atoms with E-state index in [4.69, 9.17) is 9.26 Å². The second-order valence-electron chi connectivity index (χ2n) is 5.46. The topological polar surface area (TPSA) is 93.7 Å². The van der Waals surface area contributed by atoms with Crippen molar-refractivity contribution in [2.45, 2.75) is 39.3 Å². The Morgan fingerprint density at radius 1 is 1.21 bits per heavy atom. The zero-order valence-corrected chi connectivity index (χ0v) is 15.3. The van der Waals surface area contributed by atoms with Crippen LogP contribution in [0.5, 0.6) is 0 Å². The second kappa shape index (κ2) is 9.57. The molecule has 24 heavy (non-hydrogen) atoms. The first kappa shape index (κ1) is 20.4. The molecule has 0 radical (unpaired) electrons. The van der Waals surface area contributed by atoms with Gasteiger partial charge in [0.05, 0.1) is 6.61 Å². The van der Waals surface area contributed by atoms with Crippen LogP contribution in [-0.4, -0.2) is 37.4 Å². The highest BCUT2D eigenvalue weighted by molar-refractivity contribution is 7.74. The van der Waals surface area contributed by atoms with Gasteiger partial charge in [0.15, 0.2) is 0 Å². The van der Waals surface area contributed by atoms with Crippen LogP contribution in [0.2, 0.25) is 0 Å². The lowest BCUT2D eigenvalue weighted by Crippen LogP contribution is -2.42. The Kier molecular flexibility index (Phi) is 8.11. The molecule has 0 aromatic heterocycles. The fourth-order valence-electron chi connectivity index (χ4n) is 2.01. The third kappa shape index (κ3) is 6.07. The monoisotopic (exact) mass is 356 g/mol. The number of hydrogen-bond donors (Lipinski definition) is 2. The van der Waals surface area contributed by atoms with Crippen LogP contribution in [0.1, 0.15) is 26.3 Å². The first-order valence-electron chi connectivity index (χ1n) is 7.77. The van der Waals surface area contributed by atoms with Gasteiger partial charge in [0.25, 0.3) is 0 Å². The van der Waals surface area contributed by atoms with Gasteiger partial charge in [0, 0.05) is 13.2 Å². The summed E-state index contributed by atoms with van der Waals surface area (Å²) in [6.45, 7) is 5.34. The van der Waals surface area contributed by atoms with Gasteiger partial charge in [-0.2, -0.15) is 0 Å². The summed E-state index contributed by atoms with van der Waals surface area (Å²) in [5, 5.41) is 5.10. The molecule has 0 heterocycles. The van der Waals surface area contributed by atoms with Crippen LogP contribution in [0.4, 0.5) is 4.79 Å². The maximum atomic E-state index is 12.8. The van der Waals surface area contributed by atoms with Crippen molar-refractivity contribution in [3.63, 3.8) is 0 Å². The molecule has 0 spiro atoms. The number of esters is 1.